The van der Waals surface area contributed by atoms with Crippen molar-refractivity contribution in [3.05, 3.63) is 36.2 Å². The number of aromatic nitrogens is 1. The minimum atomic E-state index is -0.881. The van der Waals surface area contributed by atoms with Crippen LogP contribution in [0.25, 0.3) is 6.08 Å². The van der Waals surface area contributed by atoms with Gasteiger partial charge >= 0.3 is 6.09 Å². The molecule has 1 aromatic heterocycles. The third kappa shape index (κ3) is 4.84. The molecule has 0 atom stereocenters. The average molecular weight is 304 g/mol. The van der Waals surface area contributed by atoms with E-state index >= 15 is 0 Å². The molecule has 0 aromatic carbocycles. The second-order valence-corrected chi connectivity index (χ2v) is 6.69. The number of nitrogens with zero attached hydrogens (tertiary/aromatic N) is 2. The SMILES string of the molecule is CC(C)(C)OC(=O)N1CCC(O)(/C=C/c2cccnc2)CC1. The summed E-state index contributed by atoms with van der Waals surface area (Å²) in [4.78, 5) is 17.7. The fraction of sp³-hybridized carbons (Fsp3) is 0.529. The van der Waals surface area contributed by atoms with Gasteiger partial charge in [0.15, 0.2) is 0 Å². The minimum Gasteiger partial charge on any atom is -0.444 e. The van der Waals surface area contributed by atoms with Crippen LogP contribution in [-0.2, 0) is 4.74 Å². The number of piperidine rings is 1. The average Bonchev–Trinajstić information content (AvgIpc) is 2.45. The molecule has 0 spiro atoms. The van der Waals surface area contributed by atoms with Crippen molar-refractivity contribution in [3.63, 3.8) is 0 Å². The predicted molar refractivity (Wildman–Crippen MR) is 85.3 cm³/mol. The zero-order valence-corrected chi connectivity index (χ0v) is 13.5. The molecule has 1 amide bonds. The number of amides is 1. The second kappa shape index (κ2) is 6.48. The Morgan fingerprint density at radius 1 is 1.41 bits per heavy atom. The summed E-state index contributed by atoms with van der Waals surface area (Å²) in [5, 5.41) is 10.6. The molecule has 0 aliphatic carbocycles. The van der Waals surface area contributed by atoms with Crippen LogP contribution in [0.2, 0.25) is 0 Å². The number of rotatable bonds is 2. The second-order valence-electron chi connectivity index (χ2n) is 6.69. The maximum absolute atomic E-state index is 12.0. The van der Waals surface area contributed by atoms with Gasteiger partial charge in [0, 0.05) is 25.5 Å². The van der Waals surface area contributed by atoms with E-state index in [-0.39, 0.29) is 6.09 Å². The van der Waals surface area contributed by atoms with Crippen molar-refractivity contribution in [2.45, 2.75) is 44.8 Å². The summed E-state index contributed by atoms with van der Waals surface area (Å²) in [5.41, 5.74) is -0.426. The molecule has 5 heteroatoms. The van der Waals surface area contributed by atoms with Gasteiger partial charge in [-0.2, -0.15) is 0 Å². The lowest BCUT2D eigenvalue weighted by Gasteiger charge is -2.37. The van der Waals surface area contributed by atoms with Crippen LogP contribution < -0.4 is 0 Å². The molecule has 1 N–H and O–H groups in total. The molecule has 0 unspecified atom stereocenters. The van der Waals surface area contributed by atoms with Gasteiger partial charge in [-0.15, -0.1) is 0 Å². The van der Waals surface area contributed by atoms with Crippen molar-refractivity contribution in [3.8, 4) is 0 Å². The number of carbonyl (C=O) groups excluding carboxylic acids is 1. The maximum Gasteiger partial charge on any atom is 0.410 e. The summed E-state index contributed by atoms with van der Waals surface area (Å²) in [6, 6.07) is 3.79. The van der Waals surface area contributed by atoms with Gasteiger partial charge in [-0.05, 0) is 45.2 Å². The molecular weight excluding hydrogens is 280 g/mol. The van der Waals surface area contributed by atoms with Crippen LogP contribution in [0.4, 0.5) is 4.79 Å². The fourth-order valence-electron chi connectivity index (χ4n) is 2.30. The van der Waals surface area contributed by atoms with E-state index in [0.29, 0.717) is 25.9 Å². The molecule has 2 heterocycles. The Morgan fingerprint density at radius 3 is 2.64 bits per heavy atom. The van der Waals surface area contributed by atoms with Gasteiger partial charge in [0.25, 0.3) is 0 Å². The summed E-state index contributed by atoms with van der Waals surface area (Å²) in [7, 11) is 0. The number of likely N-dealkylation sites (tertiary alicyclic amines) is 1. The van der Waals surface area contributed by atoms with Crippen LogP contribution in [0.3, 0.4) is 0 Å². The van der Waals surface area contributed by atoms with E-state index in [1.165, 1.54) is 0 Å². The Kier molecular flexibility index (Phi) is 4.86. The zero-order chi connectivity index (χ0) is 16.2. The van der Waals surface area contributed by atoms with E-state index in [2.05, 4.69) is 4.98 Å². The number of ether oxygens (including phenoxy) is 1. The number of hydrogen-bond acceptors (Lipinski definition) is 4. The highest BCUT2D eigenvalue weighted by Crippen LogP contribution is 2.25. The molecule has 5 nitrogen and oxygen atoms in total. The molecule has 1 aliphatic heterocycles. The van der Waals surface area contributed by atoms with Gasteiger partial charge < -0.3 is 14.7 Å². The molecule has 0 bridgehead atoms. The Morgan fingerprint density at radius 2 is 2.09 bits per heavy atom. The third-order valence-corrected chi connectivity index (χ3v) is 3.55. The first kappa shape index (κ1) is 16.5. The van der Waals surface area contributed by atoms with E-state index in [9.17, 15) is 9.90 Å². The molecule has 2 rings (SSSR count). The highest BCUT2D eigenvalue weighted by Gasteiger charge is 2.33. The molecule has 1 saturated heterocycles. The quantitative estimate of drug-likeness (QED) is 0.912. The van der Waals surface area contributed by atoms with Crippen molar-refractivity contribution in [1.29, 1.82) is 0 Å². The summed E-state index contributed by atoms with van der Waals surface area (Å²) < 4.78 is 5.35. The minimum absolute atomic E-state index is 0.314. The molecule has 22 heavy (non-hydrogen) atoms. The van der Waals surface area contributed by atoms with Crippen molar-refractivity contribution in [2.24, 2.45) is 0 Å². The lowest BCUT2D eigenvalue weighted by Crippen LogP contribution is -2.47. The molecule has 1 aliphatic rings. The van der Waals surface area contributed by atoms with Crippen LogP contribution in [0.5, 0.6) is 0 Å². The Bertz CT molecular complexity index is 527. The lowest BCUT2D eigenvalue weighted by molar-refractivity contribution is -0.00827. The largest absolute Gasteiger partial charge is 0.444 e. The van der Waals surface area contributed by atoms with E-state index < -0.39 is 11.2 Å². The van der Waals surface area contributed by atoms with Gasteiger partial charge in [-0.3, -0.25) is 4.98 Å². The first-order valence-electron chi connectivity index (χ1n) is 7.57. The number of aliphatic hydroxyl groups is 1. The maximum atomic E-state index is 12.0. The highest BCUT2D eigenvalue weighted by molar-refractivity contribution is 5.68. The van der Waals surface area contributed by atoms with E-state index in [4.69, 9.17) is 4.74 Å². The molecule has 120 valence electrons. The topological polar surface area (TPSA) is 62.7 Å². The standard InChI is InChI=1S/C17H24N2O3/c1-16(2,3)22-15(20)19-11-8-17(21,9-12-19)7-6-14-5-4-10-18-13-14/h4-7,10,13,21H,8-9,11-12H2,1-3H3/b7-6+. The first-order valence-corrected chi connectivity index (χ1v) is 7.57. The number of hydrogen-bond donors (Lipinski definition) is 1. The van der Waals surface area contributed by atoms with Crippen molar-refractivity contribution in [1.82, 2.24) is 9.88 Å². The number of pyridine rings is 1. The monoisotopic (exact) mass is 304 g/mol. The van der Waals surface area contributed by atoms with Crippen molar-refractivity contribution >= 4 is 12.2 Å². The number of carbonyl (C=O) groups is 1. The molecule has 1 fully saturated rings. The summed E-state index contributed by atoms with van der Waals surface area (Å²) in [6.07, 6.45) is 7.82. The summed E-state index contributed by atoms with van der Waals surface area (Å²) in [5.74, 6) is 0. The van der Waals surface area contributed by atoms with E-state index in [1.807, 2.05) is 39.0 Å². The smallest absolute Gasteiger partial charge is 0.410 e. The van der Waals surface area contributed by atoms with Gasteiger partial charge in [-0.25, -0.2) is 4.79 Å². The molecule has 1 aromatic rings. The summed E-state index contributed by atoms with van der Waals surface area (Å²) in [6.45, 7) is 6.52. The van der Waals surface area contributed by atoms with Crippen LogP contribution in [0.1, 0.15) is 39.2 Å². The van der Waals surface area contributed by atoms with Crippen LogP contribution in [-0.4, -0.2) is 45.4 Å². The van der Waals surface area contributed by atoms with Gasteiger partial charge in [0.2, 0.25) is 0 Å². The van der Waals surface area contributed by atoms with Crippen molar-refractivity contribution in [2.75, 3.05) is 13.1 Å². The Balaban J connectivity index is 1.90. The van der Waals surface area contributed by atoms with E-state index in [0.717, 1.165) is 5.56 Å². The predicted octanol–water partition coefficient (Wildman–Crippen LogP) is 2.86. The van der Waals surface area contributed by atoms with Crippen LogP contribution in [0.15, 0.2) is 30.6 Å². The Hall–Kier alpha value is -1.88. The molecule has 0 saturated carbocycles. The van der Waals surface area contributed by atoms with E-state index in [1.54, 1.807) is 23.4 Å². The zero-order valence-electron chi connectivity index (χ0n) is 13.5. The first-order chi connectivity index (χ1) is 10.3. The molecular formula is C17H24N2O3. The van der Waals surface area contributed by atoms with Gasteiger partial charge in [-0.1, -0.05) is 18.2 Å². The van der Waals surface area contributed by atoms with Crippen LogP contribution >= 0.6 is 0 Å². The lowest BCUT2D eigenvalue weighted by atomic mass is 9.90. The van der Waals surface area contributed by atoms with Gasteiger partial charge in [0.1, 0.15) is 5.60 Å². The third-order valence-electron chi connectivity index (χ3n) is 3.55. The fourth-order valence-corrected chi connectivity index (χ4v) is 2.30. The highest BCUT2D eigenvalue weighted by atomic mass is 16.6. The summed E-state index contributed by atoms with van der Waals surface area (Å²) >= 11 is 0. The van der Waals surface area contributed by atoms with Crippen LogP contribution in [0, 0.1) is 0 Å². The van der Waals surface area contributed by atoms with Gasteiger partial charge in [0.05, 0.1) is 5.60 Å². The Labute approximate surface area is 131 Å². The molecule has 0 radical (unpaired) electrons. The van der Waals surface area contributed by atoms with Crippen molar-refractivity contribution < 1.29 is 14.6 Å². The normalized spacial score (nSPS) is 18.5.